The Hall–Kier alpha value is -2.86. The Kier molecular flexibility index (Phi) is 5.79. The first-order valence-electron chi connectivity index (χ1n) is 13.4. The Morgan fingerprint density at radius 2 is 1.77 bits per heavy atom. The Labute approximate surface area is 208 Å². The molecule has 6 nitrogen and oxygen atoms in total. The number of anilines is 1. The van der Waals surface area contributed by atoms with Crippen LogP contribution in [0.15, 0.2) is 30.3 Å². The van der Waals surface area contributed by atoms with E-state index in [-0.39, 0.29) is 5.91 Å². The lowest BCUT2D eigenvalue weighted by Crippen LogP contribution is -2.48. The molecule has 1 aromatic carbocycles. The van der Waals surface area contributed by atoms with Crippen molar-refractivity contribution in [2.75, 3.05) is 44.2 Å². The molecule has 0 atom stereocenters. The van der Waals surface area contributed by atoms with Crippen LogP contribution in [0, 0.1) is 19.8 Å². The number of rotatable bonds is 5. The topological polar surface area (TPSA) is 44.6 Å². The molecule has 1 amide bonds. The Bertz CT molecular complexity index is 1270. The van der Waals surface area contributed by atoms with Gasteiger partial charge in [-0.3, -0.25) is 4.79 Å². The number of pyridine rings is 1. The summed E-state index contributed by atoms with van der Waals surface area (Å²) in [4.78, 5) is 25.7. The van der Waals surface area contributed by atoms with Gasteiger partial charge in [-0.15, -0.1) is 0 Å². The molecule has 2 fully saturated rings. The van der Waals surface area contributed by atoms with Crippen LogP contribution in [0.5, 0.6) is 0 Å². The van der Waals surface area contributed by atoms with Crippen LogP contribution in [-0.4, -0.2) is 64.5 Å². The summed E-state index contributed by atoms with van der Waals surface area (Å²) in [5, 5.41) is 1.20. The second-order valence-electron chi connectivity index (χ2n) is 10.7. The summed E-state index contributed by atoms with van der Waals surface area (Å²) in [5.41, 5.74) is 7.22. The quantitative estimate of drug-likeness (QED) is 0.553. The Morgan fingerprint density at radius 1 is 1.03 bits per heavy atom. The van der Waals surface area contributed by atoms with E-state index in [1.54, 1.807) is 0 Å². The molecule has 0 unspecified atom stereocenters. The fourth-order valence-electron chi connectivity index (χ4n) is 5.86. The molecular weight excluding hydrogens is 434 g/mol. The van der Waals surface area contributed by atoms with Crippen LogP contribution in [-0.2, 0) is 19.5 Å². The summed E-state index contributed by atoms with van der Waals surface area (Å²) >= 11 is 0. The standard InChI is InChI=1S/C29H37N5O/c1-4-31-13-15-32(16-14-31)29(35)26-17-25-20(2)21(3)34(18-22-9-10-22)27(25)28(30-26)33-12-11-23-7-5-6-8-24(23)19-33/h5-8,17,22H,4,9-16,18-19H2,1-3H3. The average Bonchev–Trinajstić information content (AvgIpc) is 3.70. The summed E-state index contributed by atoms with van der Waals surface area (Å²) in [5.74, 6) is 1.84. The summed E-state index contributed by atoms with van der Waals surface area (Å²) in [7, 11) is 0. The minimum atomic E-state index is 0.0771. The van der Waals surface area contributed by atoms with Gasteiger partial charge in [-0.2, -0.15) is 0 Å². The minimum Gasteiger partial charge on any atom is -0.350 e. The Balaban J connectivity index is 1.43. The second-order valence-corrected chi connectivity index (χ2v) is 10.7. The van der Waals surface area contributed by atoms with E-state index in [1.165, 1.54) is 46.1 Å². The number of aromatic nitrogens is 2. The third kappa shape index (κ3) is 4.12. The number of amides is 1. The van der Waals surface area contributed by atoms with Crippen molar-refractivity contribution in [2.24, 2.45) is 5.92 Å². The molecule has 4 heterocycles. The zero-order valence-electron chi connectivity index (χ0n) is 21.4. The lowest BCUT2D eigenvalue weighted by Gasteiger charge is -2.34. The molecule has 1 saturated heterocycles. The molecule has 3 aromatic rings. The van der Waals surface area contributed by atoms with E-state index in [0.29, 0.717) is 5.69 Å². The summed E-state index contributed by atoms with van der Waals surface area (Å²) in [6.07, 6.45) is 3.65. The molecule has 0 radical (unpaired) electrons. The SMILES string of the molecule is CCN1CCN(C(=O)c2cc3c(C)c(C)n(CC4CC4)c3c(N3CCc4ccccc4C3)n2)CC1. The number of aryl methyl sites for hydroxylation is 1. The number of hydrogen-bond donors (Lipinski definition) is 0. The van der Waals surface area contributed by atoms with Crippen LogP contribution < -0.4 is 4.90 Å². The van der Waals surface area contributed by atoms with Crippen LogP contribution >= 0.6 is 0 Å². The van der Waals surface area contributed by atoms with E-state index in [0.717, 1.165) is 70.5 Å². The first-order chi connectivity index (χ1) is 17.0. The minimum absolute atomic E-state index is 0.0771. The molecule has 1 aliphatic carbocycles. The predicted molar refractivity (Wildman–Crippen MR) is 141 cm³/mol. The fourth-order valence-corrected chi connectivity index (χ4v) is 5.86. The van der Waals surface area contributed by atoms with Gasteiger partial charge in [-0.05, 0) is 68.3 Å². The maximum absolute atomic E-state index is 13.7. The van der Waals surface area contributed by atoms with Crippen molar-refractivity contribution < 1.29 is 4.79 Å². The van der Waals surface area contributed by atoms with E-state index >= 15 is 0 Å². The molecule has 0 bridgehead atoms. The van der Waals surface area contributed by atoms with Crippen LogP contribution in [0.3, 0.4) is 0 Å². The first kappa shape index (κ1) is 22.6. The summed E-state index contributed by atoms with van der Waals surface area (Å²) in [6.45, 7) is 13.9. The number of piperazine rings is 1. The number of fused-ring (bicyclic) bond motifs is 2. The summed E-state index contributed by atoms with van der Waals surface area (Å²) in [6, 6.07) is 10.8. The van der Waals surface area contributed by atoms with E-state index < -0.39 is 0 Å². The van der Waals surface area contributed by atoms with Gasteiger partial charge in [-0.25, -0.2) is 4.98 Å². The van der Waals surface area contributed by atoms with Gasteiger partial charge in [0.15, 0.2) is 5.82 Å². The number of nitrogens with zero attached hydrogens (tertiary/aromatic N) is 5. The normalized spacial score (nSPS) is 18.8. The highest BCUT2D eigenvalue weighted by Gasteiger charge is 2.30. The van der Waals surface area contributed by atoms with Crippen molar-refractivity contribution in [1.29, 1.82) is 0 Å². The van der Waals surface area contributed by atoms with Crippen LogP contribution in [0.4, 0.5) is 5.82 Å². The summed E-state index contributed by atoms with van der Waals surface area (Å²) < 4.78 is 2.50. The largest absolute Gasteiger partial charge is 0.350 e. The molecule has 2 aromatic heterocycles. The van der Waals surface area contributed by atoms with Crippen molar-refractivity contribution in [3.63, 3.8) is 0 Å². The maximum atomic E-state index is 13.7. The molecule has 184 valence electrons. The molecule has 1 saturated carbocycles. The third-order valence-corrected chi connectivity index (χ3v) is 8.49. The van der Waals surface area contributed by atoms with Crippen molar-refractivity contribution in [3.8, 4) is 0 Å². The molecule has 35 heavy (non-hydrogen) atoms. The molecule has 0 N–H and O–H groups in total. The number of benzene rings is 1. The number of likely N-dealkylation sites (N-methyl/N-ethyl adjacent to an activating group) is 1. The van der Waals surface area contributed by atoms with Crippen LogP contribution in [0.2, 0.25) is 0 Å². The third-order valence-electron chi connectivity index (χ3n) is 8.49. The van der Waals surface area contributed by atoms with E-state index in [4.69, 9.17) is 4.98 Å². The van der Waals surface area contributed by atoms with Crippen molar-refractivity contribution in [1.82, 2.24) is 19.4 Å². The van der Waals surface area contributed by atoms with E-state index in [1.807, 2.05) is 4.90 Å². The van der Waals surface area contributed by atoms with Gasteiger partial charge < -0.3 is 19.3 Å². The highest BCUT2D eigenvalue weighted by molar-refractivity contribution is 6.01. The molecule has 3 aliphatic rings. The molecule has 6 rings (SSSR count). The van der Waals surface area contributed by atoms with E-state index in [9.17, 15) is 4.79 Å². The smallest absolute Gasteiger partial charge is 0.272 e. The van der Waals surface area contributed by atoms with E-state index in [2.05, 4.69) is 65.5 Å². The van der Waals surface area contributed by atoms with Crippen LogP contribution in [0.1, 0.15) is 52.6 Å². The van der Waals surface area contributed by atoms with Crippen molar-refractivity contribution in [2.45, 2.75) is 53.1 Å². The van der Waals surface area contributed by atoms with Gasteiger partial charge in [0.05, 0.1) is 5.52 Å². The van der Waals surface area contributed by atoms with Gasteiger partial charge in [0, 0.05) is 56.9 Å². The average molecular weight is 472 g/mol. The van der Waals surface area contributed by atoms with Crippen LogP contribution in [0.25, 0.3) is 10.9 Å². The molecular formula is C29H37N5O. The molecule has 0 spiro atoms. The Morgan fingerprint density at radius 3 is 2.49 bits per heavy atom. The van der Waals surface area contributed by atoms with Crippen molar-refractivity contribution >= 4 is 22.6 Å². The highest BCUT2D eigenvalue weighted by atomic mass is 16.2. The lowest BCUT2D eigenvalue weighted by molar-refractivity contribution is 0.0638. The number of hydrogen-bond acceptors (Lipinski definition) is 4. The maximum Gasteiger partial charge on any atom is 0.272 e. The van der Waals surface area contributed by atoms with Gasteiger partial charge in [-0.1, -0.05) is 31.2 Å². The lowest BCUT2D eigenvalue weighted by atomic mass is 10.00. The fraction of sp³-hybridized carbons (Fsp3) is 0.517. The second kappa shape index (κ2) is 8.98. The van der Waals surface area contributed by atoms with Gasteiger partial charge in [0.2, 0.25) is 0 Å². The molecule has 6 heteroatoms. The molecule has 2 aliphatic heterocycles. The monoisotopic (exact) mass is 471 g/mol. The van der Waals surface area contributed by atoms with Gasteiger partial charge >= 0.3 is 0 Å². The van der Waals surface area contributed by atoms with Gasteiger partial charge in [0.25, 0.3) is 5.91 Å². The van der Waals surface area contributed by atoms with Crippen molar-refractivity contribution in [3.05, 3.63) is 58.4 Å². The predicted octanol–water partition coefficient (Wildman–Crippen LogP) is 4.40. The highest BCUT2D eigenvalue weighted by Crippen LogP contribution is 2.38. The number of carbonyl (C=O) groups is 1. The first-order valence-corrected chi connectivity index (χ1v) is 13.4. The number of carbonyl (C=O) groups excluding carboxylic acids is 1. The zero-order valence-corrected chi connectivity index (χ0v) is 21.4. The van der Waals surface area contributed by atoms with Gasteiger partial charge in [0.1, 0.15) is 5.69 Å². The zero-order chi connectivity index (χ0) is 24.1.